The molecule has 0 saturated heterocycles. The number of carbonyl (C=O) groups is 4. The number of hydrogen-bond donors (Lipinski definition) is 0. The van der Waals surface area contributed by atoms with Crippen LogP contribution in [0.1, 0.15) is 63.7 Å². The Kier molecular flexibility index (Phi) is 3.96. The number of rotatable bonds is 4. The average molecular weight is 428 g/mol. The lowest BCUT2D eigenvalue weighted by atomic mass is 9.69. The molecule has 0 aliphatic heterocycles. The Morgan fingerprint density at radius 1 is 0.394 bits per heavy atom. The predicted molar refractivity (Wildman–Crippen MR) is 124 cm³/mol. The van der Waals surface area contributed by atoms with Crippen LogP contribution in [0.25, 0.3) is 22.3 Å². The van der Waals surface area contributed by atoms with Crippen LogP contribution in [0.5, 0.6) is 0 Å². The van der Waals surface area contributed by atoms with E-state index in [2.05, 4.69) is 0 Å². The van der Waals surface area contributed by atoms with E-state index in [0.717, 1.165) is 69.7 Å². The molecular formula is C29H16O4. The smallest absolute Gasteiger partial charge is 0.150 e. The molecule has 2 aliphatic rings. The fourth-order valence-corrected chi connectivity index (χ4v) is 5.59. The van der Waals surface area contributed by atoms with Gasteiger partial charge in [-0.1, -0.05) is 48.5 Å². The molecule has 156 valence electrons. The Bertz CT molecular complexity index is 1310. The highest BCUT2D eigenvalue weighted by Gasteiger charge is 2.52. The van der Waals surface area contributed by atoms with Crippen LogP contribution in [0, 0.1) is 0 Å². The molecule has 2 aliphatic carbocycles. The van der Waals surface area contributed by atoms with E-state index in [1.54, 1.807) is 24.3 Å². The monoisotopic (exact) mass is 428 g/mol. The normalized spacial score (nSPS) is 13.6. The number of aldehydes is 4. The zero-order valence-electron chi connectivity index (χ0n) is 17.4. The fraction of sp³-hybridized carbons (Fsp3) is 0.0345. The summed E-state index contributed by atoms with van der Waals surface area (Å²) >= 11 is 0. The van der Waals surface area contributed by atoms with Crippen molar-refractivity contribution in [2.75, 3.05) is 0 Å². The van der Waals surface area contributed by atoms with Gasteiger partial charge in [0.1, 0.15) is 25.1 Å². The Morgan fingerprint density at radius 3 is 0.848 bits per heavy atom. The zero-order chi connectivity index (χ0) is 22.7. The molecule has 0 unspecified atom stereocenters. The minimum absolute atomic E-state index is 0.532. The number of benzene rings is 4. The maximum atomic E-state index is 11.7. The first-order valence-electron chi connectivity index (χ1n) is 10.5. The van der Waals surface area contributed by atoms with E-state index >= 15 is 0 Å². The molecule has 0 radical (unpaired) electrons. The van der Waals surface area contributed by atoms with Crippen LogP contribution in [0.4, 0.5) is 0 Å². The van der Waals surface area contributed by atoms with Gasteiger partial charge in [0.15, 0.2) is 0 Å². The molecule has 0 amide bonds. The minimum atomic E-state index is -0.856. The molecule has 0 fully saturated rings. The molecule has 4 aromatic rings. The number of fused-ring (bicyclic) bond motifs is 10. The van der Waals surface area contributed by atoms with Gasteiger partial charge in [0.25, 0.3) is 0 Å². The van der Waals surface area contributed by atoms with Crippen molar-refractivity contribution in [2.24, 2.45) is 0 Å². The molecular weight excluding hydrogens is 412 g/mol. The van der Waals surface area contributed by atoms with E-state index < -0.39 is 5.41 Å². The third-order valence-corrected chi connectivity index (χ3v) is 6.92. The van der Waals surface area contributed by atoms with Crippen molar-refractivity contribution in [3.05, 3.63) is 117 Å². The summed E-state index contributed by atoms with van der Waals surface area (Å²) in [5, 5.41) is 0. The minimum Gasteiger partial charge on any atom is -0.298 e. The SMILES string of the molecule is O=Cc1ccc2c(c1)C1(c3cc(C=O)ccc3-2)c2cc(C=O)ccc2-c2ccc(C=O)cc21. The van der Waals surface area contributed by atoms with Crippen molar-refractivity contribution in [1.82, 2.24) is 0 Å². The van der Waals surface area contributed by atoms with Crippen molar-refractivity contribution >= 4 is 25.1 Å². The van der Waals surface area contributed by atoms with Crippen molar-refractivity contribution < 1.29 is 19.2 Å². The van der Waals surface area contributed by atoms with E-state index in [1.165, 1.54) is 0 Å². The van der Waals surface area contributed by atoms with Gasteiger partial charge in [0, 0.05) is 22.3 Å². The molecule has 0 heterocycles. The van der Waals surface area contributed by atoms with Crippen LogP contribution < -0.4 is 0 Å². The van der Waals surface area contributed by atoms with Gasteiger partial charge in [-0.25, -0.2) is 0 Å². The Hall–Kier alpha value is -4.44. The van der Waals surface area contributed by atoms with Gasteiger partial charge in [-0.15, -0.1) is 0 Å². The second-order valence-electron chi connectivity index (χ2n) is 8.44. The van der Waals surface area contributed by atoms with E-state index in [0.29, 0.717) is 22.3 Å². The van der Waals surface area contributed by atoms with E-state index in [4.69, 9.17) is 0 Å². The quantitative estimate of drug-likeness (QED) is 0.358. The van der Waals surface area contributed by atoms with E-state index in [1.807, 2.05) is 48.5 Å². The lowest BCUT2D eigenvalue weighted by Crippen LogP contribution is -2.26. The lowest BCUT2D eigenvalue weighted by Gasteiger charge is -2.31. The third kappa shape index (κ3) is 2.35. The first-order valence-corrected chi connectivity index (χ1v) is 10.5. The highest BCUT2D eigenvalue weighted by Crippen LogP contribution is 2.63. The second kappa shape index (κ2) is 6.78. The highest BCUT2D eigenvalue weighted by molar-refractivity contribution is 5.98. The van der Waals surface area contributed by atoms with Crippen molar-refractivity contribution in [1.29, 1.82) is 0 Å². The van der Waals surface area contributed by atoms with Crippen LogP contribution >= 0.6 is 0 Å². The van der Waals surface area contributed by atoms with Gasteiger partial charge in [0.05, 0.1) is 5.41 Å². The summed E-state index contributed by atoms with van der Waals surface area (Å²) in [4.78, 5) is 46.9. The first kappa shape index (κ1) is 19.3. The van der Waals surface area contributed by atoms with Crippen molar-refractivity contribution in [3.63, 3.8) is 0 Å². The fourth-order valence-electron chi connectivity index (χ4n) is 5.59. The Balaban J connectivity index is 1.86. The summed E-state index contributed by atoms with van der Waals surface area (Å²) in [5.41, 5.74) is 8.70. The predicted octanol–water partition coefficient (Wildman–Crippen LogP) is 5.28. The van der Waals surface area contributed by atoms with Gasteiger partial charge in [0.2, 0.25) is 0 Å². The first-order chi connectivity index (χ1) is 16.1. The molecule has 6 rings (SSSR count). The summed E-state index contributed by atoms with van der Waals surface area (Å²) in [5.74, 6) is 0. The summed E-state index contributed by atoms with van der Waals surface area (Å²) in [7, 11) is 0. The number of hydrogen-bond acceptors (Lipinski definition) is 4. The number of carbonyl (C=O) groups excluding carboxylic acids is 4. The molecule has 4 aromatic carbocycles. The van der Waals surface area contributed by atoms with Crippen LogP contribution in [-0.4, -0.2) is 25.1 Å². The van der Waals surface area contributed by atoms with Gasteiger partial charge in [-0.3, -0.25) is 19.2 Å². The van der Waals surface area contributed by atoms with Crippen molar-refractivity contribution in [2.45, 2.75) is 5.41 Å². The molecule has 1 spiro atoms. The second-order valence-corrected chi connectivity index (χ2v) is 8.44. The molecule has 0 saturated carbocycles. The van der Waals surface area contributed by atoms with Gasteiger partial charge < -0.3 is 0 Å². The molecule has 0 atom stereocenters. The Morgan fingerprint density at radius 2 is 0.636 bits per heavy atom. The highest BCUT2D eigenvalue weighted by atomic mass is 16.1. The van der Waals surface area contributed by atoms with Gasteiger partial charge in [-0.2, -0.15) is 0 Å². The lowest BCUT2D eigenvalue weighted by molar-refractivity contribution is 0.111. The summed E-state index contributed by atoms with van der Waals surface area (Å²) in [6, 6.07) is 22.3. The molecule has 4 heteroatoms. The Labute approximate surface area is 189 Å². The molecule has 0 bridgehead atoms. The third-order valence-electron chi connectivity index (χ3n) is 6.92. The van der Waals surface area contributed by atoms with Crippen LogP contribution in [0.3, 0.4) is 0 Å². The average Bonchev–Trinajstić information content (AvgIpc) is 3.33. The molecule has 0 aromatic heterocycles. The molecule has 33 heavy (non-hydrogen) atoms. The van der Waals surface area contributed by atoms with Gasteiger partial charge >= 0.3 is 0 Å². The standard InChI is InChI=1S/C29H16O4/c30-13-17-1-5-21-22-6-2-18(14-31)10-26(22)29(25(21)9-17)27-11-19(15-32)3-7-23(27)24-8-4-20(16-33)12-28(24)29/h1-16H. The van der Waals surface area contributed by atoms with Crippen molar-refractivity contribution in [3.8, 4) is 22.3 Å². The maximum absolute atomic E-state index is 11.7. The largest absolute Gasteiger partial charge is 0.298 e. The molecule has 0 N–H and O–H groups in total. The van der Waals surface area contributed by atoms with Crippen LogP contribution in [-0.2, 0) is 5.41 Å². The summed E-state index contributed by atoms with van der Waals surface area (Å²) < 4.78 is 0. The summed E-state index contributed by atoms with van der Waals surface area (Å²) in [6.07, 6.45) is 3.26. The van der Waals surface area contributed by atoms with E-state index in [-0.39, 0.29) is 0 Å². The molecule has 4 nitrogen and oxygen atoms in total. The van der Waals surface area contributed by atoms with Crippen LogP contribution in [0.2, 0.25) is 0 Å². The van der Waals surface area contributed by atoms with E-state index in [9.17, 15) is 19.2 Å². The van der Waals surface area contributed by atoms with Gasteiger partial charge in [-0.05, 0) is 68.8 Å². The topological polar surface area (TPSA) is 68.3 Å². The maximum Gasteiger partial charge on any atom is 0.150 e. The van der Waals surface area contributed by atoms with Crippen LogP contribution in [0.15, 0.2) is 72.8 Å². The zero-order valence-corrected chi connectivity index (χ0v) is 17.4. The summed E-state index contributed by atoms with van der Waals surface area (Å²) in [6.45, 7) is 0.